The molecule has 0 aromatic heterocycles. The summed E-state index contributed by atoms with van der Waals surface area (Å²) in [6.07, 6.45) is 2.12. The molecule has 4 heteroatoms. The molecule has 1 aromatic rings. The molecule has 17 heavy (non-hydrogen) atoms. The summed E-state index contributed by atoms with van der Waals surface area (Å²) in [7, 11) is 0. The van der Waals surface area contributed by atoms with Crippen LogP contribution in [0.3, 0.4) is 0 Å². The van der Waals surface area contributed by atoms with Crippen LogP contribution in [0.2, 0.25) is 0 Å². The number of benzene rings is 1. The van der Waals surface area contributed by atoms with Crippen molar-refractivity contribution < 1.29 is 14.6 Å². The summed E-state index contributed by atoms with van der Waals surface area (Å²) in [6, 6.07) is 7.16. The fraction of sp³-hybridized carbons (Fsp3) is 0.462. The highest BCUT2D eigenvalue weighted by Crippen LogP contribution is 2.16. The predicted molar refractivity (Wildman–Crippen MR) is 63.8 cm³/mol. The Morgan fingerprint density at radius 3 is 3.00 bits per heavy atom. The third-order valence-corrected chi connectivity index (χ3v) is 2.91. The van der Waals surface area contributed by atoms with E-state index in [-0.39, 0.29) is 17.8 Å². The van der Waals surface area contributed by atoms with Gasteiger partial charge in [0.05, 0.1) is 0 Å². The fourth-order valence-electron chi connectivity index (χ4n) is 1.94. The minimum atomic E-state index is -0.278. The van der Waals surface area contributed by atoms with Crippen molar-refractivity contribution in [3.63, 3.8) is 0 Å². The number of hydrogen-bond donors (Lipinski definition) is 2. The van der Waals surface area contributed by atoms with Crippen LogP contribution in [0.5, 0.6) is 5.75 Å². The number of aromatic hydroxyl groups is 1. The normalized spacial score (nSPS) is 19.2. The van der Waals surface area contributed by atoms with Crippen LogP contribution >= 0.6 is 0 Å². The number of amides is 1. The van der Waals surface area contributed by atoms with Gasteiger partial charge in [-0.15, -0.1) is 0 Å². The molecule has 1 aliphatic heterocycles. The number of nitrogens with one attached hydrogen (secondary N) is 1. The Labute approximate surface area is 101 Å². The van der Waals surface area contributed by atoms with Gasteiger partial charge in [0, 0.05) is 13.2 Å². The number of para-hydroxylation sites is 1. The van der Waals surface area contributed by atoms with Crippen LogP contribution in [0.25, 0.3) is 0 Å². The molecule has 0 spiro atoms. The number of phenolic OH excluding ortho intramolecular Hbond substituents is 1. The van der Waals surface area contributed by atoms with E-state index in [0.717, 1.165) is 18.4 Å². The first-order valence-corrected chi connectivity index (χ1v) is 5.93. The molecule has 1 saturated heterocycles. The molecule has 1 unspecified atom stereocenters. The third kappa shape index (κ3) is 3.20. The molecule has 92 valence electrons. The summed E-state index contributed by atoms with van der Waals surface area (Å²) < 4.78 is 5.28. The van der Waals surface area contributed by atoms with E-state index in [0.29, 0.717) is 19.6 Å². The van der Waals surface area contributed by atoms with Gasteiger partial charge in [0.2, 0.25) is 5.91 Å². The minimum Gasteiger partial charge on any atom is -0.508 e. The zero-order chi connectivity index (χ0) is 12.1. The molecule has 1 fully saturated rings. The van der Waals surface area contributed by atoms with Crippen LogP contribution in [-0.4, -0.2) is 30.3 Å². The zero-order valence-corrected chi connectivity index (χ0v) is 9.69. The van der Waals surface area contributed by atoms with Crippen LogP contribution in [0.1, 0.15) is 18.4 Å². The van der Waals surface area contributed by atoms with E-state index in [2.05, 4.69) is 5.32 Å². The molecule has 1 atom stereocenters. The average Bonchev–Trinajstić information content (AvgIpc) is 2.85. The molecule has 2 N–H and O–H groups in total. The lowest BCUT2D eigenvalue weighted by Crippen LogP contribution is -2.35. The molecule has 2 rings (SSSR count). The van der Waals surface area contributed by atoms with E-state index in [9.17, 15) is 9.90 Å². The van der Waals surface area contributed by atoms with Crippen molar-refractivity contribution in [3.05, 3.63) is 29.8 Å². The molecule has 1 heterocycles. The van der Waals surface area contributed by atoms with Gasteiger partial charge < -0.3 is 15.2 Å². The van der Waals surface area contributed by atoms with Crippen LogP contribution in [0.15, 0.2) is 24.3 Å². The van der Waals surface area contributed by atoms with Gasteiger partial charge in [0.15, 0.2) is 0 Å². The van der Waals surface area contributed by atoms with E-state index in [4.69, 9.17) is 4.74 Å². The van der Waals surface area contributed by atoms with Crippen molar-refractivity contribution in [1.29, 1.82) is 0 Å². The van der Waals surface area contributed by atoms with Crippen LogP contribution < -0.4 is 5.32 Å². The lowest BCUT2D eigenvalue weighted by atomic mass is 10.1. The second-order valence-electron chi connectivity index (χ2n) is 4.17. The minimum absolute atomic E-state index is 0.0436. The van der Waals surface area contributed by atoms with E-state index < -0.39 is 0 Å². The number of phenols is 1. The lowest BCUT2D eigenvalue weighted by Gasteiger charge is -2.10. The maximum Gasteiger partial charge on any atom is 0.249 e. The van der Waals surface area contributed by atoms with E-state index in [1.807, 2.05) is 12.1 Å². The van der Waals surface area contributed by atoms with Gasteiger partial charge in [-0.3, -0.25) is 4.79 Å². The Bertz CT molecular complexity index is 386. The summed E-state index contributed by atoms with van der Waals surface area (Å²) in [6.45, 7) is 1.20. The van der Waals surface area contributed by atoms with Gasteiger partial charge >= 0.3 is 0 Å². The molecule has 1 aromatic carbocycles. The Morgan fingerprint density at radius 1 is 1.47 bits per heavy atom. The van der Waals surface area contributed by atoms with Gasteiger partial charge in [-0.1, -0.05) is 18.2 Å². The number of carbonyl (C=O) groups is 1. The third-order valence-electron chi connectivity index (χ3n) is 2.91. The number of hydrogen-bond acceptors (Lipinski definition) is 3. The van der Waals surface area contributed by atoms with Crippen LogP contribution in [0.4, 0.5) is 0 Å². The molecule has 0 bridgehead atoms. The largest absolute Gasteiger partial charge is 0.508 e. The highest BCUT2D eigenvalue weighted by atomic mass is 16.5. The predicted octanol–water partition coefficient (Wildman–Crippen LogP) is 1.23. The highest BCUT2D eigenvalue weighted by Gasteiger charge is 2.22. The van der Waals surface area contributed by atoms with Gasteiger partial charge in [0.25, 0.3) is 0 Å². The van der Waals surface area contributed by atoms with Crippen molar-refractivity contribution in [1.82, 2.24) is 5.32 Å². The van der Waals surface area contributed by atoms with Crippen LogP contribution in [0, 0.1) is 0 Å². The molecular weight excluding hydrogens is 218 g/mol. The van der Waals surface area contributed by atoms with E-state index >= 15 is 0 Å². The van der Waals surface area contributed by atoms with Gasteiger partial charge in [-0.05, 0) is 30.9 Å². The molecule has 0 aliphatic carbocycles. The van der Waals surface area contributed by atoms with Crippen molar-refractivity contribution in [2.24, 2.45) is 0 Å². The Hall–Kier alpha value is -1.55. The zero-order valence-electron chi connectivity index (χ0n) is 9.69. The molecule has 1 amide bonds. The topological polar surface area (TPSA) is 58.6 Å². The first-order chi connectivity index (χ1) is 8.27. The standard InChI is InChI=1S/C13H17NO3/c15-11-5-2-1-4-10(11)7-8-14-13(16)12-6-3-9-17-12/h1-2,4-5,12,15H,3,6-9H2,(H,14,16). The van der Waals surface area contributed by atoms with E-state index in [1.54, 1.807) is 12.1 Å². The first-order valence-electron chi connectivity index (χ1n) is 5.93. The van der Waals surface area contributed by atoms with Crippen molar-refractivity contribution >= 4 is 5.91 Å². The molecular formula is C13H17NO3. The summed E-state index contributed by atoms with van der Waals surface area (Å²) in [5.74, 6) is 0.233. The first kappa shape index (κ1) is 11.9. The smallest absolute Gasteiger partial charge is 0.249 e. The van der Waals surface area contributed by atoms with Gasteiger partial charge in [-0.2, -0.15) is 0 Å². The Balaban J connectivity index is 1.76. The lowest BCUT2D eigenvalue weighted by molar-refractivity contribution is -0.129. The molecule has 4 nitrogen and oxygen atoms in total. The molecule has 1 aliphatic rings. The summed E-state index contributed by atoms with van der Waals surface area (Å²) in [5.41, 5.74) is 0.847. The maximum atomic E-state index is 11.6. The fourth-order valence-corrected chi connectivity index (χ4v) is 1.94. The second-order valence-corrected chi connectivity index (χ2v) is 4.17. The second kappa shape index (κ2) is 5.68. The highest BCUT2D eigenvalue weighted by molar-refractivity contribution is 5.80. The monoisotopic (exact) mass is 235 g/mol. The van der Waals surface area contributed by atoms with Gasteiger partial charge in [-0.25, -0.2) is 0 Å². The maximum absolute atomic E-state index is 11.6. The van der Waals surface area contributed by atoms with Gasteiger partial charge in [0.1, 0.15) is 11.9 Å². The number of carbonyl (C=O) groups excluding carboxylic acids is 1. The van der Waals surface area contributed by atoms with E-state index in [1.165, 1.54) is 0 Å². The quantitative estimate of drug-likeness (QED) is 0.825. The number of ether oxygens (including phenoxy) is 1. The van der Waals surface area contributed by atoms with Crippen LogP contribution in [-0.2, 0) is 16.0 Å². The van der Waals surface area contributed by atoms with Crippen molar-refractivity contribution in [3.8, 4) is 5.75 Å². The van der Waals surface area contributed by atoms with Crippen molar-refractivity contribution in [2.75, 3.05) is 13.2 Å². The number of rotatable bonds is 4. The SMILES string of the molecule is O=C(NCCc1ccccc1O)C1CCCO1. The molecule has 0 saturated carbocycles. The summed E-state index contributed by atoms with van der Waals surface area (Å²) in [4.78, 5) is 11.6. The van der Waals surface area contributed by atoms with Crippen molar-refractivity contribution in [2.45, 2.75) is 25.4 Å². The summed E-state index contributed by atoms with van der Waals surface area (Å²) >= 11 is 0. The molecule has 0 radical (unpaired) electrons. The summed E-state index contributed by atoms with van der Waals surface area (Å²) in [5, 5.41) is 12.4. The average molecular weight is 235 g/mol. The Morgan fingerprint density at radius 2 is 2.29 bits per heavy atom. The Kier molecular flexibility index (Phi) is 3.98.